The minimum absolute atomic E-state index is 0.115. The van der Waals surface area contributed by atoms with Gasteiger partial charge in [-0.2, -0.15) is 0 Å². The van der Waals surface area contributed by atoms with Crippen LogP contribution in [0.5, 0.6) is 0 Å². The third-order valence-electron chi connectivity index (χ3n) is 3.34. The predicted octanol–water partition coefficient (Wildman–Crippen LogP) is 2.36. The molecule has 0 unspecified atom stereocenters. The van der Waals surface area contributed by atoms with Gasteiger partial charge in [0, 0.05) is 30.4 Å². The van der Waals surface area contributed by atoms with Gasteiger partial charge in [-0.3, -0.25) is 9.59 Å². The minimum atomic E-state index is -0.361. The van der Waals surface area contributed by atoms with Gasteiger partial charge >= 0.3 is 0 Å². The first-order chi connectivity index (χ1) is 10.1. The highest BCUT2D eigenvalue weighted by atomic mass is 16.5. The fourth-order valence-electron chi connectivity index (χ4n) is 2.34. The average Bonchev–Trinajstić information content (AvgIpc) is 3.08. The van der Waals surface area contributed by atoms with Crippen molar-refractivity contribution in [2.45, 2.75) is 19.8 Å². The minimum Gasteiger partial charge on any atom is -0.351 e. The summed E-state index contributed by atoms with van der Waals surface area (Å²) in [4.78, 5) is 25.5. The molecule has 1 N–H and O–H groups in total. The Morgan fingerprint density at radius 3 is 2.90 bits per heavy atom. The highest BCUT2D eigenvalue weighted by Crippen LogP contribution is 2.24. The van der Waals surface area contributed by atoms with Crippen LogP contribution in [0, 0.1) is 6.92 Å². The van der Waals surface area contributed by atoms with Crippen LogP contribution in [0.4, 0.5) is 11.4 Å². The average molecular weight is 285 g/mol. The summed E-state index contributed by atoms with van der Waals surface area (Å²) in [6.07, 6.45) is 1.45. The molecule has 2 aromatic rings. The maximum absolute atomic E-state index is 12.0. The molecule has 6 heteroatoms. The molecule has 0 aliphatic carbocycles. The number of hydrogen-bond acceptors (Lipinski definition) is 4. The lowest BCUT2D eigenvalue weighted by molar-refractivity contribution is -0.117. The van der Waals surface area contributed by atoms with Crippen molar-refractivity contribution in [1.29, 1.82) is 0 Å². The van der Waals surface area contributed by atoms with Crippen LogP contribution >= 0.6 is 0 Å². The van der Waals surface area contributed by atoms with Gasteiger partial charge in [0.2, 0.25) is 11.7 Å². The number of anilines is 2. The maximum atomic E-state index is 12.0. The summed E-state index contributed by atoms with van der Waals surface area (Å²) in [7, 11) is 0. The summed E-state index contributed by atoms with van der Waals surface area (Å²) in [6.45, 7) is 2.47. The number of carbonyl (C=O) groups is 2. The third kappa shape index (κ3) is 2.79. The van der Waals surface area contributed by atoms with Gasteiger partial charge in [0.25, 0.3) is 5.91 Å². The summed E-state index contributed by atoms with van der Waals surface area (Å²) in [6, 6.07) is 8.79. The number of nitrogens with zero attached hydrogens (tertiary/aromatic N) is 2. The fraction of sp³-hybridized carbons (Fsp3) is 0.267. The van der Waals surface area contributed by atoms with Crippen LogP contribution in [0.15, 0.2) is 34.9 Å². The number of amides is 2. The van der Waals surface area contributed by atoms with Crippen LogP contribution in [0.25, 0.3) is 0 Å². The molecule has 6 nitrogen and oxygen atoms in total. The Morgan fingerprint density at radius 1 is 1.38 bits per heavy atom. The molecule has 0 spiro atoms. The Kier molecular flexibility index (Phi) is 3.43. The molecule has 1 fully saturated rings. The standard InChI is InChI=1S/C15H15N3O3/c1-10-8-13(21-17-10)15(20)16-11-4-2-5-12(9-11)18-7-3-6-14(18)19/h2,4-5,8-9H,3,6-7H2,1H3,(H,16,20). The van der Waals surface area contributed by atoms with Crippen molar-refractivity contribution >= 4 is 23.2 Å². The number of aromatic nitrogens is 1. The molecule has 0 radical (unpaired) electrons. The summed E-state index contributed by atoms with van der Waals surface area (Å²) in [5.74, 6) is -0.0833. The normalized spacial score (nSPS) is 14.5. The zero-order valence-electron chi connectivity index (χ0n) is 11.6. The number of benzene rings is 1. The van der Waals surface area contributed by atoms with Crippen molar-refractivity contribution in [1.82, 2.24) is 5.16 Å². The third-order valence-corrected chi connectivity index (χ3v) is 3.34. The Labute approximate surface area is 121 Å². The zero-order valence-corrected chi connectivity index (χ0v) is 11.6. The van der Waals surface area contributed by atoms with E-state index in [1.165, 1.54) is 0 Å². The lowest BCUT2D eigenvalue weighted by Gasteiger charge is -2.16. The molecule has 1 aliphatic heterocycles. The molecular weight excluding hydrogens is 270 g/mol. The van der Waals surface area contributed by atoms with E-state index in [-0.39, 0.29) is 17.6 Å². The highest BCUT2D eigenvalue weighted by molar-refractivity contribution is 6.03. The molecule has 3 rings (SSSR count). The first-order valence-electron chi connectivity index (χ1n) is 6.78. The van der Waals surface area contributed by atoms with Crippen LogP contribution in [0.2, 0.25) is 0 Å². The summed E-state index contributed by atoms with van der Waals surface area (Å²) in [5.41, 5.74) is 2.06. The van der Waals surface area contributed by atoms with Crippen LogP contribution in [0.1, 0.15) is 29.1 Å². The van der Waals surface area contributed by atoms with E-state index in [4.69, 9.17) is 4.52 Å². The van der Waals surface area contributed by atoms with Gasteiger partial charge in [0.15, 0.2) is 0 Å². The van der Waals surface area contributed by atoms with Crippen LogP contribution in [-0.4, -0.2) is 23.5 Å². The lowest BCUT2D eigenvalue weighted by Crippen LogP contribution is -2.23. The molecular formula is C15H15N3O3. The Bertz CT molecular complexity index is 693. The molecule has 0 bridgehead atoms. The van der Waals surface area contributed by atoms with E-state index >= 15 is 0 Å². The molecule has 1 aromatic heterocycles. The van der Waals surface area contributed by atoms with E-state index in [1.807, 2.05) is 12.1 Å². The quantitative estimate of drug-likeness (QED) is 0.939. The van der Waals surface area contributed by atoms with E-state index in [2.05, 4.69) is 10.5 Å². The predicted molar refractivity (Wildman–Crippen MR) is 77.2 cm³/mol. The van der Waals surface area contributed by atoms with Gasteiger partial charge in [-0.1, -0.05) is 11.2 Å². The van der Waals surface area contributed by atoms with Crippen LogP contribution in [0.3, 0.4) is 0 Å². The fourth-order valence-corrected chi connectivity index (χ4v) is 2.34. The smallest absolute Gasteiger partial charge is 0.294 e. The van der Waals surface area contributed by atoms with E-state index < -0.39 is 0 Å². The SMILES string of the molecule is Cc1cc(C(=O)Nc2cccc(N3CCCC3=O)c2)on1. The first-order valence-corrected chi connectivity index (χ1v) is 6.78. The number of hydrogen-bond donors (Lipinski definition) is 1. The monoisotopic (exact) mass is 285 g/mol. The van der Waals surface area contributed by atoms with Gasteiger partial charge in [-0.15, -0.1) is 0 Å². The molecule has 1 saturated heterocycles. The number of rotatable bonds is 3. The molecule has 1 aliphatic rings. The van der Waals surface area contributed by atoms with Gasteiger partial charge < -0.3 is 14.7 Å². The first kappa shape index (κ1) is 13.4. The van der Waals surface area contributed by atoms with Crippen molar-refractivity contribution in [2.75, 3.05) is 16.8 Å². The number of carbonyl (C=O) groups excluding carboxylic acids is 2. The summed E-state index contributed by atoms with van der Waals surface area (Å²) < 4.78 is 4.92. The Morgan fingerprint density at radius 2 is 2.24 bits per heavy atom. The molecule has 1 aromatic carbocycles. The summed E-state index contributed by atoms with van der Waals surface area (Å²) in [5, 5.41) is 6.42. The van der Waals surface area contributed by atoms with Crippen LogP contribution < -0.4 is 10.2 Å². The van der Waals surface area contributed by atoms with Gasteiger partial charge in [0.1, 0.15) is 0 Å². The van der Waals surface area contributed by atoms with Crippen molar-refractivity contribution in [3.05, 3.63) is 41.8 Å². The second kappa shape index (κ2) is 5.40. The largest absolute Gasteiger partial charge is 0.351 e. The van der Waals surface area contributed by atoms with Gasteiger partial charge in [0.05, 0.1) is 5.69 Å². The molecule has 0 saturated carbocycles. The number of nitrogens with one attached hydrogen (secondary N) is 1. The van der Waals surface area contributed by atoms with Gasteiger partial charge in [-0.25, -0.2) is 0 Å². The van der Waals surface area contributed by atoms with Gasteiger partial charge in [-0.05, 0) is 31.5 Å². The topological polar surface area (TPSA) is 75.4 Å². The van der Waals surface area contributed by atoms with E-state index in [0.29, 0.717) is 17.8 Å². The Hall–Kier alpha value is -2.63. The van der Waals surface area contributed by atoms with Crippen molar-refractivity contribution in [2.24, 2.45) is 0 Å². The summed E-state index contributed by atoms with van der Waals surface area (Å²) >= 11 is 0. The molecule has 2 heterocycles. The second-order valence-corrected chi connectivity index (χ2v) is 4.99. The Balaban J connectivity index is 1.77. The zero-order chi connectivity index (χ0) is 14.8. The van der Waals surface area contributed by atoms with Crippen LogP contribution in [-0.2, 0) is 4.79 Å². The van der Waals surface area contributed by atoms with Crippen molar-refractivity contribution in [3.8, 4) is 0 Å². The van der Waals surface area contributed by atoms with Crippen molar-refractivity contribution < 1.29 is 14.1 Å². The molecule has 21 heavy (non-hydrogen) atoms. The molecule has 108 valence electrons. The second-order valence-electron chi connectivity index (χ2n) is 4.99. The number of aryl methyl sites for hydroxylation is 1. The molecule has 0 atom stereocenters. The maximum Gasteiger partial charge on any atom is 0.294 e. The van der Waals surface area contributed by atoms with E-state index in [9.17, 15) is 9.59 Å². The van der Waals surface area contributed by atoms with E-state index in [0.717, 1.165) is 18.7 Å². The lowest BCUT2D eigenvalue weighted by atomic mass is 10.2. The van der Waals surface area contributed by atoms with E-state index in [1.54, 1.807) is 30.0 Å². The van der Waals surface area contributed by atoms with Crippen molar-refractivity contribution in [3.63, 3.8) is 0 Å². The molecule has 2 amide bonds. The highest BCUT2D eigenvalue weighted by Gasteiger charge is 2.22.